The van der Waals surface area contributed by atoms with Gasteiger partial charge >= 0.3 is 0 Å². The predicted octanol–water partition coefficient (Wildman–Crippen LogP) is 1.47. The molecular formula is C16H27N5S. The lowest BCUT2D eigenvalue weighted by Crippen LogP contribution is -2.47. The van der Waals surface area contributed by atoms with Gasteiger partial charge in [-0.25, -0.2) is 9.97 Å². The normalized spacial score (nSPS) is 23.6. The van der Waals surface area contributed by atoms with Crippen LogP contribution in [0.3, 0.4) is 0 Å². The van der Waals surface area contributed by atoms with Gasteiger partial charge in [-0.2, -0.15) is 11.8 Å². The van der Waals surface area contributed by atoms with Crippen molar-refractivity contribution in [1.29, 1.82) is 0 Å². The molecular weight excluding hydrogens is 294 g/mol. The largest absolute Gasteiger partial charge is 0.338 e. The maximum absolute atomic E-state index is 4.34. The van der Waals surface area contributed by atoms with Gasteiger partial charge in [-0.15, -0.1) is 0 Å². The second-order valence-corrected chi connectivity index (χ2v) is 7.25. The van der Waals surface area contributed by atoms with E-state index >= 15 is 0 Å². The van der Waals surface area contributed by atoms with Gasteiger partial charge in [0.15, 0.2) is 0 Å². The van der Waals surface area contributed by atoms with E-state index in [2.05, 4.69) is 36.8 Å². The van der Waals surface area contributed by atoms with Gasteiger partial charge in [-0.05, 0) is 44.2 Å². The average molecular weight is 321 g/mol. The molecule has 122 valence electrons. The molecule has 1 unspecified atom stereocenters. The average Bonchev–Trinajstić information content (AvgIpc) is 2.61. The summed E-state index contributed by atoms with van der Waals surface area (Å²) in [7, 11) is 0. The molecule has 2 saturated heterocycles. The molecule has 0 bridgehead atoms. The van der Waals surface area contributed by atoms with Crippen molar-refractivity contribution in [2.75, 3.05) is 55.7 Å². The highest BCUT2D eigenvalue weighted by Crippen LogP contribution is 2.16. The molecule has 2 fully saturated rings. The first kappa shape index (κ1) is 16.0. The third-order valence-corrected chi connectivity index (χ3v) is 5.67. The predicted molar refractivity (Wildman–Crippen MR) is 93.7 cm³/mol. The summed E-state index contributed by atoms with van der Waals surface area (Å²) in [6.07, 6.45) is 7.64. The summed E-state index contributed by atoms with van der Waals surface area (Å²) in [5.41, 5.74) is 0. The first-order valence-corrected chi connectivity index (χ1v) is 9.63. The van der Waals surface area contributed by atoms with Crippen LogP contribution in [0.2, 0.25) is 0 Å². The Kier molecular flexibility index (Phi) is 6.33. The molecule has 0 amide bonds. The van der Waals surface area contributed by atoms with Crippen molar-refractivity contribution < 1.29 is 0 Å². The van der Waals surface area contributed by atoms with Crippen LogP contribution in [0.15, 0.2) is 18.5 Å². The molecule has 0 aromatic carbocycles. The Hall–Kier alpha value is -0.850. The highest BCUT2D eigenvalue weighted by Gasteiger charge is 2.18. The van der Waals surface area contributed by atoms with Gasteiger partial charge in [0.25, 0.3) is 0 Å². The van der Waals surface area contributed by atoms with Crippen molar-refractivity contribution in [2.45, 2.75) is 25.3 Å². The Morgan fingerprint density at radius 2 is 2.00 bits per heavy atom. The molecule has 0 spiro atoms. The van der Waals surface area contributed by atoms with Crippen LogP contribution in [-0.4, -0.2) is 71.7 Å². The summed E-state index contributed by atoms with van der Waals surface area (Å²) in [4.78, 5) is 13.5. The van der Waals surface area contributed by atoms with Crippen LogP contribution >= 0.6 is 11.8 Å². The third-order valence-electron chi connectivity index (χ3n) is 4.45. The maximum Gasteiger partial charge on any atom is 0.225 e. The summed E-state index contributed by atoms with van der Waals surface area (Å²) in [6.45, 7) is 6.69. The quantitative estimate of drug-likeness (QED) is 0.801. The lowest BCUT2D eigenvalue weighted by atomic mass is 10.2. The molecule has 22 heavy (non-hydrogen) atoms. The lowest BCUT2D eigenvalue weighted by Gasteiger charge is -2.34. The number of thioether (sulfide) groups is 1. The van der Waals surface area contributed by atoms with Crippen LogP contribution in [0.25, 0.3) is 0 Å². The number of rotatable bonds is 6. The fourth-order valence-corrected chi connectivity index (χ4v) is 4.24. The van der Waals surface area contributed by atoms with E-state index in [0.717, 1.165) is 44.7 Å². The highest BCUT2D eigenvalue weighted by atomic mass is 32.2. The standard InChI is InChI=1S/C16H27N5S/c1-4-15(14-22-13-1)17-7-3-8-20-9-11-21(12-10-20)16-18-5-2-6-19-16/h2,5-6,15,17H,1,3-4,7-14H2. The molecule has 2 aliphatic rings. The topological polar surface area (TPSA) is 44.3 Å². The molecule has 3 heterocycles. The third kappa shape index (κ3) is 4.83. The molecule has 0 aliphatic carbocycles. The van der Waals surface area contributed by atoms with Crippen LogP contribution in [0.5, 0.6) is 0 Å². The van der Waals surface area contributed by atoms with Crippen LogP contribution in [0.4, 0.5) is 5.95 Å². The van der Waals surface area contributed by atoms with Gasteiger partial charge in [0.05, 0.1) is 0 Å². The van der Waals surface area contributed by atoms with Gasteiger partial charge < -0.3 is 10.2 Å². The van der Waals surface area contributed by atoms with Crippen LogP contribution in [0, 0.1) is 0 Å². The Labute approximate surface area is 137 Å². The van der Waals surface area contributed by atoms with Crippen molar-refractivity contribution in [3.63, 3.8) is 0 Å². The highest BCUT2D eigenvalue weighted by molar-refractivity contribution is 7.99. The summed E-state index contributed by atoms with van der Waals surface area (Å²) >= 11 is 2.10. The molecule has 6 heteroatoms. The number of anilines is 1. The van der Waals surface area contributed by atoms with Gasteiger partial charge in [-0.1, -0.05) is 0 Å². The number of hydrogen-bond donors (Lipinski definition) is 1. The summed E-state index contributed by atoms with van der Waals surface area (Å²) in [5, 5.41) is 3.72. The number of nitrogens with one attached hydrogen (secondary N) is 1. The minimum atomic E-state index is 0.755. The maximum atomic E-state index is 4.34. The number of aromatic nitrogens is 2. The Balaban J connectivity index is 1.29. The Bertz CT molecular complexity index is 416. The molecule has 0 saturated carbocycles. The van der Waals surface area contributed by atoms with E-state index in [9.17, 15) is 0 Å². The lowest BCUT2D eigenvalue weighted by molar-refractivity contribution is 0.251. The van der Waals surface area contributed by atoms with Gasteiger partial charge in [0.2, 0.25) is 5.95 Å². The number of piperazine rings is 1. The van der Waals surface area contributed by atoms with Crippen molar-refractivity contribution in [3.8, 4) is 0 Å². The monoisotopic (exact) mass is 321 g/mol. The van der Waals surface area contributed by atoms with E-state index < -0.39 is 0 Å². The SMILES string of the molecule is c1cnc(N2CCN(CCCNC3CCCSC3)CC2)nc1. The van der Waals surface area contributed by atoms with E-state index in [1.807, 2.05) is 18.5 Å². The van der Waals surface area contributed by atoms with E-state index in [1.165, 1.54) is 37.3 Å². The fraction of sp³-hybridized carbons (Fsp3) is 0.750. The van der Waals surface area contributed by atoms with E-state index in [-0.39, 0.29) is 0 Å². The minimum Gasteiger partial charge on any atom is -0.338 e. The zero-order chi connectivity index (χ0) is 15.0. The van der Waals surface area contributed by atoms with Crippen molar-refractivity contribution in [1.82, 2.24) is 20.2 Å². The molecule has 1 aromatic rings. The van der Waals surface area contributed by atoms with E-state index in [4.69, 9.17) is 0 Å². The van der Waals surface area contributed by atoms with Crippen molar-refractivity contribution in [2.24, 2.45) is 0 Å². The Morgan fingerprint density at radius 1 is 1.18 bits per heavy atom. The molecule has 2 aliphatic heterocycles. The van der Waals surface area contributed by atoms with Crippen molar-refractivity contribution >= 4 is 17.7 Å². The number of hydrogen-bond acceptors (Lipinski definition) is 6. The van der Waals surface area contributed by atoms with Crippen LogP contribution in [-0.2, 0) is 0 Å². The first-order chi connectivity index (χ1) is 10.9. The second kappa shape index (κ2) is 8.70. The van der Waals surface area contributed by atoms with Crippen LogP contribution in [0.1, 0.15) is 19.3 Å². The molecule has 5 nitrogen and oxygen atoms in total. The van der Waals surface area contributed by atoms with Gasteiger partial charge in [-0.3, -0.25) is 4.90 Å². The smallest absolute Gasteiger partial charge is 0.225 e. The zero-order valence-electron chi connectivity index (χ0n) is 13.3. The molecule has 1 N–H and O–H groups in total. The van der Waals surface area contributed by atoms with Gasteiger partial charge in [0, 0.05) is 50.4 Å². The fourth-order valence-electron chi connectivity index (χ4n) is 3.14. The summed E-state index contributed by atoms with van der Waals surface area (Å²) in [6, 6.07) is 2.63. The summed E-state index contributed by atoms with van der Waals surface area (Å²) in [5.74, 6) is 3.53. The van der Waals surface area contributed by atoms with Gasteiger partial charge in [0.1, 0.15) is 0 Å². The molecule has 1 aromatic heterocycles. The van der Waals surface area contributed by atoms with E-state index in [0.29, 0.717) is 0 Å². The molecule has 3 rings (SSSR count). The first-order valence-electron chi connectivity index (χ1n) is 8.47. The van der Waals surface area contributed by atoms with E-state index in [1.54, 1.807) is 0 Å². The summed E-state index contributed by atoms with van der Waals surface area (Å²) < 4.78 is 0. The molecule has 0 radical (unpaired) electrons. The second-order valence-electron chi connectivity index (χ2n) is 6.10. The molecule has 1 atom stereocenters. The van der Waals surface area contributed by atoms with Crippen molar-refractivity contribution in [3.05, 3.63) is 18.5 Å². The number of nitrogens with zero attached hydrogens (tertiary/aromatic N) is 4. The van der Waals surface area contributed by atoms with Crippen LogP contribution < -0.4 is 10.2 Å². The Morgan fingerprint density at radius 3 is 2.73 bits per heavy atom. The zero-order valence-corrected chi connectivity index (χ0v) is 14.1. The minimum absolute atomic E-state index is 0.755.